The molecule has 1 amide bonds. The van der Waals surface area contributed by atoms with Crippen molar-refractivity contribution in [3.8, 4) is 28.5 Å². The fraction of sp³-hybridized carbons (Fsp3) is 0.261. The SMILES string of the molecule is COc1ccc(-c2cccc(C(=O)N3CCN(c4ccc(O)cn4)CC3)n2)cc1OC. The molecule has 1 aliphatic heterocycles. The van der Waals surface area contributed by atoms with E-state index in [1.165, 1.54) is 6.20 Å². The summed E-state index contributed by atoms with van der Waals surface area (Å²) in [5.41, 5.74) is 1.94. The quantitative estimate of drug-likeness (QED) is 0.679. The van der Waals surface area contributed by atoms with Crippen LogP contribution in [0.25, 0.3) is 11.3 Å². The Labute approximate surface area is 180 Å². The zero-order chi connectivity index (χ0) is 21.8. The summed E-state index contributed by atoms with van der Waals surface area (Å²) in [7, 11) is 3.18. The fourth-order valence-electron chi connectivity index (χ4n) is 3.58. The standard InChI is InChI=1S/C23H24N4O4/c1-30-20-8-6-16(14-21(20)31-2)18-4-3-5-19(25-18)23(29)27-12-10-26(11-13-27)22-9-7-17(28)15-24-22/h3-9,14-15,28H,10-13H2,1-2H3. The topological polar surface area (TPSA) is 88.0 Å². The first kappa shape index (κ1) is 20.5. The summed E-state index contributed by atoms with van der Waals surface area (Å²) in [4.78, 5) is 25.8. The minimum absolute atomic E-state index is 0.0966. The zero-order valence-corrected chi connectivity index (χ0v) is 17.5. The van der Waals surface area contributed by atoms with E-state index in [-0.39, 0.29) is 11.7 Å². The first-order valence-corrected chi connectivity index (χ1v) is 9.98. The number of methoxy groups -OCH3 is 2. The van der Waals surface area contributed by atoms with Crippen LogP contribution in [0.3, 0.4) is 0 Å². The van der Waals surface area contributed by atoms with E-state index in [9.17, 15) is 9.90 Å². The highest BCUT2D eigenvalue weighted by Gasteiger charge is 2.24. The maximum Gasteiger partial charge on any atom is 0.272 e. The highest BCUT2D eigenvalue weighted by molar-refractivity contribution is 5.93. The van der Waals surface area contributed by atoms with Crippen LogP contribution in [0.2, 0.25) is 0 Å². The normalized spacial score (nSPS) is 13.7. The molecule has 0 unspecified atom stereocenters. The maximum atomic E-state index is 13.0. The van der Waals surface area contributed by atoms with Crippen LogP contribution in [-0.4, -0.2) is 66.3 Å². The van der Waals surface area contributed by atoms with Crippen molar-refractivity contribution in [1.82, 2.24) is 14.9 Å². The minimum Gasteiger partial charge on any atom is -0.506 e. The number of aromatic hydroxyl groups is 1. The van der Waals surface area contributed by atoms with Crippen molar-refractivity contribution in [3.05, 3.63) is 60.4 Å². The van der Waals surface area contributed by atoms with E-state index < -0.39 is 0 Å². The predicted molar refractivity (Wildman–Crippen MR) is 117 cm³/mol. The monoisotopic (exact) mass is 420 g/mol. The van der Waals surface area contributed by atoms with Gasteiger partial charge in [-0.05, 0) is 42.5 Å². The van der Waals surface area contributed by atoms with Crippen molar-refractivity contribution in [3.63, 3.8) is 0 Å². The van der Waals surface area contributed by atoms with Gasteiger partial charge >= 0.3 is 0 Å². The summed E-state index contributed by atoms with van der Waals surface area (Å²) in [5, 5.41) is 9.40. The molecular weight excluding hydrogens is 396 g/mol. The number of hydrogen-bond donors (Lipinski definition) is 1. The van der Waals surface area contributed by atoms with Crippen LogP contribution in [0, 0.1) is 0 Å². The average molecular weight is 420 g/mol. The molecule has 1 fully saturated rings. The Balaban J connectivity index is 1.47. The summed E-state index contributed by atoms with van der Waals surface area (Å²) in [6, 6.07) is 14.4. The Morgan fingerprint density at radius 2 is 1.74 bits per heavy atom. The van der Waals surface area contributed by atoms with Crippen molar-refractivity contribution < 1.29 is 19.4 Å². The molecule has 31 heavy (non-hydrogen) atoms. The van der Waals surface area contributed by atoms with Crippen LogP contribution >= 0.6 is 0 Å². The molecule has 3 heterocycles. The number of benzene rings is 1. The number of nitrogens with zero attached hydrogens (tertiary/aromatic N) is 4. The molecule has 1 aromatic carbocycles. The number of amides is 1. The van der Waals surface area contributed by atoms with Crippen LogP contribution in [0.1, 0.15) is 10.5 Å². The number of rotatable bonds is 5. The first-order valence-electron chi connectivity index (χ1n) is 9.98. The first-order chi connectivity index (χ1) is 15.1. The van der Waals surface area contributed by atoms with E-state index in [0.29, 0.717) is 49.1 Å². The van der Waals surface area contributed by atoms with Gasteiger partial charge < -0.3 is 24.4 Å². The number of hydrogen-bond acceptors (Lipinski definition) is 7. The third-order valence-electron chi connectivity index (χ3n) is 5.27. The van der Waals surface area contributed by atoms with Crippen LogP contribution in [-0.2, 0) is 0 Å². The fourth-order valence-corrected chi connectivity index (χ4v) is 3.58. The van der Waals surface area contributed by atoms with Crippen LogP contribution < -0.4 is 14.4 Å². The molecular formula is C23H24N4O4. The number of carbonyl (C=O) groups excluding carboxylic acids is 1. The van der Waals surface area contributed by atoms with Gasteiger partial charge in [0, 0.05) is 31.7 Å². The van der Waals surface area contributed by atoms with Crippen molar-refractivity contribution >= 4 is 11.7 Å². The molecule has 160 valence electrons. The van der Waals surface area contributed by atoms with Crippen LogP contribution in [0.4, 0.5) is 5.82 Å². The summed E-state index contributed by atoms with van der Waals surface area (Å²) in [5.74, 6) is 2.08. The number of carbonyl (C=O) groups is 1. The van der Waals surface area contributed by atoms with E-state index in [0.717, 1.165) is 11.4 Å². The predicted octanol–water partition coefficient (Wildman–Crippen LogP) is 2.83. The molecule has 8 heteroatoms. The summed E-state index contributed by atoms with van der Waals surface area (Å²) >= 11 is 0. The van der Waals surface area contributed by atoms with Crippen molar-refractivity contribution in [2.75, 3.05) is 45.3 Å². The number of piperazine rings is 1. The maximum absolute atomic E-state index is 13.0. The van der Waals surface area contributed by atoms with Gasteiger partial charge in [-0.3, -0.25) is 4.79 Å². The number of pyridine rings is 2. The lowest BCUT2D eigenvalue weighted by molar-refractivity contribution is 0.0740. The Bertz CT molecular complexity index is 1060. The molecule has 0 bridgehead atoms. The summed E-state index contributed by atoms with van der Waals surface area (Å²) < 4.78 is 10.7. The van der Waals surface area contributed by atoms with Gasteiger partial charge in [0.05, 0.1) is 26.1 Å². The number of aromatic nitrogens is 2. The number of ether oxygens (including phenoxy) is 2. The third-order valence-corrected chi connectivity index (χ3v) is 5.27. The van der Waals surface area contributed by atoms with Gasteiger partial charge in [-0.1, -0.05) is 6.07 Å². The van der Waals surface area contributed by atoms with Gasteiger partial charge in [-0.2, -0.15) is 0 Å². The molecule has 3 aromatic rings. The Hall–Kier alpha value is -3.81. The van der Waals surface area contributed by atoms with Crippen molar-refractivity contribution in [1.29, 1.82) is 0 Å². The largest absolute Gasteiger partial charge is 0.506 e. The van der Waals surface area contributed by atoms with Gasteiger partial charge in [0.1, 0.15) is 17.3 Å². The summed E-state index contributed by atoms with van der Waals surface area (Å²) in [6.45, 7) is 2.48. The Morgan fingerprint density at radius 3 is 2.42 bits per heavy atom. The smallest absolute Gasteiger partial charge is 0.272 e. The third kappa shape index (κ3) is 4.37. The lowest BCUT2D eigenvalue weighted by atomic mass is 10.1. The molecule has 0 aliphatic carbocycles. The number of anilines is 1. The Kier molecular flexibility index (Phi) is 5.88. The average Bonchev–Trinajstić information content (AvgIpc) is 2.84. The second-order valence-corrected chi connectivity index (χ2v) is 7.13. The molecule has 2 aromatic heterocycles. The minimum atomic E-state index is -0.0966. The molecule has 0 radical (unpaired) electrons. The molecule has 0 spiro atoms. The molecule has 1 N–H and O–H groups in total. The lowest BCUT2D eigenvalue weighted by Gasteiger charge is -2.35. The van der Waals surface area contributed by atoms with E-state index in [4.69, 9.17) is 9.47 Å². The van der Waals surface area contributed by atoms with Crippen molar-refractivity contribution in [2.24, 2.45) is 0 Å². The van der Waals surface area contributed by atoms with E-state index >= 15 is 0 Å². The van der Waals surface area contributed by atoms with Crippen molar-refractivity contribution in [2.45, 2.75) is 0 Å². The van der Waals surface area contributed by atoms with Gasteiger partial charge in [-0.15, -0.1) is 0 Å². The van der Waals surface area contributed by atoms with E-state index in [1.54, 1.807) is 37.3 Å². The molecule has 0 saturated carbocycles. The molecule has 4 rings (SSSR count). The molecule has 1 saturated heterocycles. The van der Waals surface area contributed by atoms with Crippen LogP contribution in [0.5, 0.6) is 17.2 Å². The van der Waals surface area contributed by atoms with Gasteiger partial charge in [0.25, 0.3) is 5.91 Å². The molecule has 0 atom stereocenters. The van der Waals surface area contributed by atoms with E-state index in [2.05, 4.69) is 14.9 Å². The van der Waals surface area contributed by atoms with Gasteiger partial charge in [0.15, 0.2) is 11.5 Å². The Morgan fingerprint density at radius 1 is 0.968 bits per heavy atom. The lowest BCUT2D eigenvalue weighted by Crippen LogP contribution is -2.49. The summed E-state index contributed by atoms with van der Waals surface area (Å²) in [6.07, 6.45) is 1.43. The van der Waals surface area contributed by atoms with Crippen LogP contribution in [0.15, 0.2) is 54.7 Å². The van der Waals surface area contributed by atoms with E-state index in [1.807, 2.05) is 30.3 Å². The highest BCUT2D eigenvalue weighted by atomic mass is 16.5. The molecule has 1 aliphatic rings. The highest BCUT2D eigenvalue weighted by Crippen LogP contribution is 2.31. The second-order valence-electron chi connectivity index (χ2n) is 7.13. The zero-order valence-electron chi connectivity index (χ0n) is 17.5. The van der Waals surface area contributed by atoms with Gasteiger partial charge in [-0.25, -0.2) is 9.97 Å². The van der Waals surface area contributed by atoms with Gasteiger partial charge in [0.2, 0.25) is 0 Å². The molecule has 8 nitrogen and oxygen atoms in total. The second kappa shape index (κ2) is 8.91.